The van der Waals surface area contributed by atoms with Crippen LogP contribution >= 0.6 is 0 Å². The molecule has 1 aliphatic rings. The van der Waals surface area contributed by atoms with Gasteiger partial charge in [-0.2, -0.15) is 4.98 Å². The summed E-state index contributed by atoms with van der Waals surface area (Å²) in [6, 6.07) is 11.1. The lowest BCUT2D eigenvalue weighted by Crippen LogP contribution is -2.25. The average molecular weight is 257 g/mol. The van der Waals surface area contributed by atoms with Gasteiger partial charge in [-0.1, -0.05) is 35.5 Å². The fraction of sp³-hybridized carbons (Fsp3) is 0.467. The summed E-state index contributed by atoms with van der Waals surface area (Å²) in [5, 5.41) is 7.43. The summed E-state index contributed by atoms with van der Waals surface area (Å²) in [4.78, 5) is 4.22. The minimum Gasteiger partial charge on any atom is -0.339 e. The van der Waals surface area contributed by atoms with E-state index < -0.39 is 0 Å². The fourth-order valence-electron chi connectivity index (χ4n) is 2.42. The third-order valence-corrected chi connectivity index (χ3v) is 3.52. The van der Waals surface area contributed by atoms with Crippen molar-refractivity contribution in [2.24, 2.45) is 5.92 Å². The highest BCUT2D eigenvalue weighted by Gasteiger charge is 2.31. The van der Waals surface area contributed by atoms with E-state index in [1.54, 1.807) is 0 Å². The Labute approximate surface area is 113 Å². The zero-order valence-corrected chi connectivity index (χ0v) is 11.2. The van der Waals surface area contributed by atoms with Crippen LogP contribution < -0.4 is 5.32 Å². The van der Waals surface area contributed by atoms with Gasteiger partial charge in [0.1, 0.15) is 0 Å². The number of nitrogens with zero attached hydrogens (tertiary/aromatic N) is 2. The van der Waals surface area contributed by atoms with E-state index in [0.717, 1.165) is 18.9 Å². The average Bonchev–Trinajstić information content (AvgIpc) is 3.19. The Bertz CT molecular complexity index is 519. The van der Waals surface area contributed by atoms with E-state index in [1.165, 1.54) is 18.4 Å². The molecule has 1 N–H and O–H groups in total. The first-order valence-corrected chi connectivity index (χ1v) is 6.90. The monoisotopic (exact) mass is 257 g/mol. The second-order valence-corrected chi connectivity index (χ2v) is 5.17. The van der Waals surface area contributed by atoms with Gasteiger partial charge in [-0.05, 0) is 31.2 Å². The number of aryl methyl sites for hydroxylation is 1. The molecule has 4 nitrogen and oxygen atoms in total. The molecule has 1 heterocycles. The highest BCUT2D eigenvalue weighted by Crippen LogP contribution is 2.40. The Morgan fingerprint density at radius 2 is 2.11 bits per heavy atom. The summed E-state index contributed by atoms with van der Waals surface area (Å²) in [6.07, 6.45) is 3.44. The van der Waals surface area contributed by atoms with E-state index in [0.29, 0.717) is 17.8 Å². The molecule has 19 heavy (non-hydrogen) atoms. The lowest BCUT2D eigenvalue weighted by Gasteiger charge is -2.18. The SMILES string of the molecule is Cc1noc(CCNC(c2ccccc2)C2CC2)n1. The molecule has 3 rings (SSSR count). The van der Waals surface area contributed by atoms with Crippen LogP contribution in [0.25, 0.3) is 0 Å². The Morgan fingerprint density at radius 1 is 1.32 bits per heavy atom. The zero-order valence-electron chi connectivity index (χ0n) is 11.2. The first-order valence-electron chi connectivity index (χ1n) is 6.90. The van der Waals surface area contributed by atoms with Gasteiger partial charge in [-0.25, -0.2) is 0 Å². The van der Waals surface area contributed by atoms with Crippen molar-refractivity contribution < 1.29 is 4.52 Å². The van der Waals surface area contributed by atoms with Gasteiger partial charge in [0.05, 0.1) is 0 Å². The largest absolute Gasteiger partial charge is 0.339 e. The Kier molecular flexibility index (Phi) is 3.60. The smallest absolute Gasteiger partial charge is 0.227 e. The maximum absolute atomic E-state index is 5.13. The van der Waals surface area contributed by atoms with Crippen LogP contribution in [0, 0.1) is 12.8 Å². The van der Waals surface area contributed by atoms with Crippen molar-refractivity contribution >= 4 is 0 Å². The molecule has 0 bridgehead atoms. The normalized spacial score (nSPS) is 16.5. The molecule has 0 spiro atoms. The van der Waals surface area contributed by atoms with E-state index in [-0.39, 0.29) is 0 Å². The van der Waals surface area contributed by atoms with E-state index in [1.807, 2.05) is 6.92 Å². The van der Waals surface area contributed by atoms with Crippen LogP contribution in [0.3, 0.4) is 0 Å². The van der Waals surface area contributed by atoms with Crippen molar-refractivity contribution in [3.63, 3.8) is 0 Å². The molecule has 1 atom stereocenters. The van der Waals surface area contributed by atoms with Crippen molar-refractivity contribution in [2.75, 3.05) is 6.54 Å². The molecule has 0 aliphatic heterocycles. The summed E-state index contributed by atoms with van der Waals surface area (Å²) < 4.78 is 5.13. The minimum atomic E-state index is 0.463. The lowest BCUT2D eigenvalue weighted by molar-refractivity contribution is 0.366. The lowest BCUT2D eigenvalue weighted by atomic mass is 10.0. The number of hydrogen-bond acceptors (Lipinski definition) is 4. The predicted octanol–water partition coefficient (Wildman–Crippen LogP) is 2.66. The molecule has 1 aromatic carbocycles. The summed E-state index contributed by atoms with van der Waals surface area (Å²) in [5.41, 5.74) is 1.38. The highest BCUT2D eigenvalue weighted by atomic mass is 16.5. The predicted molar refractivity (Wildman–Crippen MR) is 72.6 cm³/mol. The molecular weight excluding hydrogens is 238 g/mol. The standard InChI is InChI=1S/C15H19N3O/c1-11-17-14(19-18-11)9-10-16-15(13-7-8-13)12-5-3-2-4-6-12/h2-6,13,15-16H,7-10H2,1H3. The third kappa shape index (κ3) is 3.20. The molecule has 0 amide bonds. The minimum absolute atomic E-state index is 0.463. The molecule has 1 fully saturated rings. The first kappa shape index (κ1) is 12.4. The van der Waals surface area contributed by atoms with Gasteiger partial charge in [0.25, 0.3) is 0 Å². The molecule has 4 heteroatoms. The van der Waals surface area contributed by atoms with Gasteiger partial charge >= 0.3 is 0 Å². The number of benzene rings is 1. The summed E-state index contributed by atoms with van der Waals surface area (Å²) in [5.74, 6) is 2.20. The molecule has 1 aromatic heterocycles. The van der Waals surface area contributed by atoms with Gasteiger partial charge in [0, 0.05) is 19.0 Å². The molecular formula is C15H19N3O. The van der Waals surface area contributed by atoms with Gasteiger partial charge in [0.15, 0.2) is 5.82 Å². The Hall–Kier alpha value is -1.68. The molecule has 0 saturated heterocycles. The summed E-state index contributed by atoms with van der Waals surface area (Å²) >= 11 is 0. The van der Waals surface area contributed by atoms with E-state index >= 15 is 0 Å². The maximum atomic E-state index is 5.13. The summed E-state index contributed by atoms with van der Waals surface area (Å²) in [7, 11) is 0. The van der Waals surface area contributed by atoms with Crippen molar-refractivity contribution in [3.8, 4) is 0 Å². The number of hydrogen-bond donors (Lipinski definition) is 1. The molecule has 1 aliphatic carbocycles. The molecule has 0 radical (unpaired) electrons. The number of nitrogens with one attached hydrogen (secondary N) is 1. The van der Waals surface area contributed by atoms with Gasteiger partial charge < -0.3 is 9.84 Å². The topological polar surface area (TPSA) is 51.0 Å². The van der Waals surface area contributed by atoms with Crippen LogP contribution in [0.4, 0.5) is 0 Å². The fourth-order valence-corrected chi connectivity index (χ4v) is 2.42. The molecule has 1 saturated carbocycles. The first-order chi connectivity index (χ1) is 9.33. The van der Waals surface area contributed by atoms with Crippen LogP contribution in [0.2, 0.25) is 0 Å². The number of rotatable bonds is 6. The van der Waals surface area contributed by atoms with Crippen molar-refractivity contribution in [3.05, 3.63) is 47.6 Å². The van der Waals surface area contributed by atoms with Crippen molar-refractivity contribution in [1.82, 2.24) is 15.5 Å². The number of aromatic nitrogens is 2. The second kappa shape index (κ2) is 5.53. The molecule has 1 unspecified atom stereocenters. The van der Waals surface area contributed by atoms with E-state index in [4.69, 9.17) is 4.52 Å². The Morgan fingerprint density at radius 3 is 2.74 bits per heavy atom. The van der Waals surface area contributed by atoms with Gasteiger partial charge in [0.2, 0.25) is 5.89 Å². The zero-order chi connectivity index (χ0) is 13.1. The molecule has 2 aromatic rings. The molecule has 100 valence electrons. The quantitative estimate of drug-likeness (QED) is 0.864. The van der Waals surface area contributed by atoms with E-state index in [9.17, 15) is 0 Å². The third-order valence-electron chi connectivity index (χ3n) is 3.52. The highest BCUT2D eigenvalue weighted by molar-refractivity contribution is 5.21. The van der Waals surface area contributed by atoms with Gasteiger partial charge in [-0.15, -0.1) is 0 Å². The van der Waals surface area contributed by atoms with Crippen LogP contribution in [0.15, 0.2) is 34.9 Å². The summed E-state index contributed by atoms with van der Waals surface area (Å²) in [6.45, 7) is 2.72. The van der Waals surface area contributed by atoms with Gasteiger partial charge in [-0.3, -0.25) is 0 Å². The van der Waals surface area contributed by atoms with Crippen LogP contribution in [-0.2, 0) is 6.42 Å². The van der Waals surface area contributed by atoms with Crippen molar-refractivity contribution in [1.29, 1.82) is 0 Å². The second-order valence-electron chi connectivity index (χ2n) is 5.17. The van der Waals surface area contributed by atoms with Crippen LogP contribution in [-0.4, -0.2) is 16.7 Å². The maximum Gasteiger partial charge on any atom is 0.227 e. The van der Waals surface area contributed by atoms with Crippen molar-refractivity contribution in [2.45, 2.75) is 32.2 Å². The Balaban J connectivity index is 1.57. The van der Waals surface area contributed by atoms with Crippen LogP contribution in [0.5, 0.6) is 0 Å². The van der Waals surface area contributed by atoms with Crippen LogP contribution in [0.1, 0.15) is 36.2 Å². The van der Waals surface area contributed by atoms with E-state index in [2.05, 4.69) is 45.8 Å².